The molecule has 0 aliphatic heterocycles. The van der Waals surface area contributed by atoms with Crippen LogP contribution in [0.1, 0.15) is 49.4 Å². The van der Waals surface area contributed by atoms with Gasteiger partial charge < -0.3 is 4.74 Å². The largest absolute Gasteiger partial charge is 0.496 e. The Kier molecular flexibility index (Phi) is 4.99. The van der Waals surface area contributed by atoms with E-state index in [1.807, 2.05) is 45.9 Å². The van der Waals surface area contributed by atoms with Crippen LogP contribution in [-0.4, -0.2) is 18.7 Å². The lowest BCUT2D eigenvalue weighted by Gasteiger charge is -2.11. The average molecular weight is 310 g/mol. The number of ketones is 2. The van der Waals surface area contributed by atoms with Crippen molar-refractivity contribution >= 4 is 11.6 Å². The molecule has 0 aliphatic rings. The Labute approximate surface area is 137 Å². The molecule has 2 aromatic carbocycles. The molecule has 0 saturated carbocycles. The quantitative estimate of drug-likeness (QED) is 0.608. The van der Waals surface area contributed by atoms with Crippen LogP contribution in [0.25, 0.3) is 0 Å². The van der Waals surface area contributed by atoms with E-state index < -0.39 is 0 Å². The van der Waals surface area contributed by atoms with E-state index in [1.54, 1.807) is 12.1 Å². The van der Waals surface area contributed by atoms with E-state index in [9.17, 15) is 9.59 Å². The lowest BCUT2D eigenvalue weighted by Crippen LogP contribution is -2.11. The zero-order chi connectivity index (χ0) is 17.1. The van der Waals surface area contributed by atoms with Crippen molar-refractivity contribution in [1.29, 1.82) is 0 Å². The minimum absolute atomic E-state index is 0.151. The number of methoxy groups -OCH3 is 1. The van der Waals surface area contributed by atoms with E-state index in [1.165, 1.54) is 7.11 Å². The van der Waals surface area contributed by atoms with Crippen molar-refractivity contribution < 1.29 is 14.3 Å². The summed E-state index contributed by atoms with van der Waals surface area (Å²) in [7, 11) is 1.53. The Balaban J connectivity index is 2.26. The summed E-state index contributed by atoms with van der Waals surface area (Å²) in [4.78, 5) is 24.9. The number of aryl methyl sites for hydroxylation is 4. The molecule has 0 radical (unpaired) electrons. The van der Waals surface area contributed by atoms with E-state index in [0.29, 0.717) is 16.9 Å². The van der Waals surface area contributed by atoms with Crippen molar-refractivity contribution in [2.75, 3.05) is 7.11 Å². The Hall–Kier alpha value is -2.42. The van der Waals surface area contributed by atoms with Gasteiger partial charge in [-0.25, -0.2) is 0 Å². The van der Waals surface area contributed by atoms with Crippen molar-refractivity contribution in [2.24, 2.45) is 0 Å². The van der Waals surface area contributed by atoms with Gasteiger partial charge in [-0.1, -0.05) is 12.1 Å². The summed E-state index contributed by atoms with van der Waals surface area (Å²) in [6.07, 6.45) is -0.151. The van der Waals surface area contributed by atoms with Gasteiger partial charge in [-0.2, -0.15) is 0 Å². The molecule has 0 saturated heterocycles. The summed E-state index contributed by atoms with van der Waals surface area (Å²) >= 11 is 0. The molecule has 0 atom stereocenters. The zero-order valence-electron chi connectivity index (χ0n) is 14.3. The lowest BCUT2D eigenvalue weighted by molar-refractivity contribution is 0.0892. The fourth-order valence-corrected chi connectivity index (χ4v) is 2.43. The van der Waals surface area contributed by atoms with Gasteiger partial charge in [0, 0.05) is 5.56 Å². The van der Waals surface area contributed by atoms with Crippen molar-refractivity contribution in [2.45, 2.75) is 34.1 Å². The summed E-state index contributed by atoms with van der Waals surface area (Å²) in [5.41, 5.74) is 5.28. The summed E-state index contributed by atoms with van der Waals surface area (Å²) in [6, 6.07) is 9.15. The molecular formula is C20H22O3. The normalized spacial score (nSPS) is 10.5. The average Bonchev–Trinajstić information content (AvgIpc) is 2.51. The van der Waals surface area contributed by atoms with Crippen LogP contribution in [0, 0.1) is 27.7 Å². The molecule has 23 heavy (non-hydrogen) atoms. The predicted molar refractivity (Wildman–Crippen MR) is 91.7 cm³/mol. The minimum atomic E-state index is -0.215. The molecule has 0 heterocycles. The van der Waals surface area contributed by atoms with Crippen molar-refractivity contribution in [1.82, 2.24) is 0 Å². The highest BCUT2D eigenvalue weighted by Crippen LogP contribution is 2.25. The van der Waals surface area contributed by atoms with Crippen molar-refractivity contribution in [3.05, 3.63) is 63.7 Å². The van der Waals surface area contributed by atoms with Crippen molar-refractivity contribution in [3.63, 3.8) is 0 Å². The Bertz CT molecular complexity index is 773. The van der Waals surface area contributed by atoms with Gasteiger partial charge in [-0.05, 0) is 68.1 Å². The van der Waals surface area contributed by atoms with E-state index in [4.69, 9.17) is 4.74 Å². The number of ether oxygens (including phenoxy) is 1. The van der Waals surface area contributed by atoms with Crippen LogP contribution in [0.5, 0.6) is 5.75 Å². The summed E-state index contributed by atoms with van der Waals surface area (Å²) < 4.78 is 5.29. The maximum atomic E-state index is 12.5. The number of carbonyl (C=O) groups excluding carboxylic acids is 2. The number of hydrogen-bond acceptors (Lipinski definition) is 3. The van der Waals surface area contributed by atoms with Gasteiger partial charge in [0.15, 0.2) is 11.6 Å². The van der Waals surface area contributed by atoms with E-state index in [2.05, 4.69) is 0 Å². The molecule has 120 valence electrons. The number of rotatable bonds is 5. The number of carbonyl (C=O) groups is 2. The molecule has 0 bridgehead atoms. The number of Topliss-reactive ketones (excluding diaryl/α,β-unsaturated/α-hetero) is 2. The van der Waals surface area contributed by atoms with Crippen LogP contribution in [0.15, 0.2) is 30.3 Å². The zero-order valence-corrected chi connectivity index (χ0v) is 14.3. The molecule has 0 aromatic heterocycles. The molecule has 2 aromatic rings. The fraction of sp³-hybridized carbons (Fsp3) is 0.300. The molecular weight excluding hydrogens is 288 g/mol. The molecule has 0 spiro atoms. The van der Waals surface area contributed by atoms with Crippen LogP contribution in [0.3, 0.4) is 0 Å². The lowest BCUT2D eigenvalue weighted by atomic mass is 9.96. The summed E-state index contributed by atoms with van der Waals surface area (Å²) in [5.74, 6) is 0.137. The minimum Gasteiger partial charge on any atom is -0.496 e. The molecule has 0 N–H and O–H groups in total. The highest BCUT2D eigenvalue weighted by molar-refractivity contribution is 6.14. The van der Waals surface area contributed by atoms with Gasteiger partial charge in [0.25, 0.3) is 0 Å². The van der Waals surface area contributed by atoms with Crippen LogP contribution in [-0.2, 0) is 0 Å². The van der Waals surface area contributed by atoms with Gasteiger partial charge in [-0.15, -0.1) is 0 Å². The number of hydrogen-bond donors (Lipinski definition) is 0. The second-order valence-electron chi connectivity index (χ2n) is 5.96. The van der Waals surface area contributed by atoms with Gasteiger partial charge >= 0.3 is 0 Å². The molecule has 2 rings (SSSR count). The molecule has 3 nitrogen and oxygen atoms in total. The maximum Gasteiger partial charge on any atom is 0.174 e. The molecule has 0 aliphatic carbocycles. The Morgan fingerprint density at radius 3 is 2.04 bits per heavy atom. The first-order chi connectivity index (χ1) is 10.8. The van der Waals surface area contributed by atoms with E-state index in [0.717, 1.165) is 22.3 Å². The Morgan fingerprint density at radius 1 is 0.826 bits per heavy atom. The van der Waals surface area contributed by atoms with Crippen LogP contribution in [0.2, 0.25) is 0 Å². The molecule has 0 amide bonds. The highest BCUT2D eigenvalue weighted by Gasteiger charge is 2.18. The van der Waals surface area contributed by atoms with Gasteiger partial charge in [-0.3, -0.25) is 9.59 Å². The smallest absolute Gasteiger partial charge is 0.174 e. The summed E-state index contributed by atoms with van der Waals surface area (Å²) in [6.45, 7) is 7.86. The first-order valence-corrected chi connectivity index (χ1v) is 7.62. The van der Waals surface area contributed by atoms with Gasteiger partial charge in [0.2, 0.25) is 0 Å². The third-order valence-corrected chi connectivity index (χ3v) is 4.27. The maximum absolute atomic E-state index is 12.5. The SMILES string of the molecule is COc1cc(C)c(C)cc1C(=O)CC(=O)c1ccc(C)c(C)c1. The molecule has 0 unspecified atom stereocenters. The monoisotopic (exact) mass is 310 g/mol. The molecule has 0 fully saturated rings. The third kappa shape index (κ3) is 3.67. The van der Waals surface area contributed by atoms with Crippen LogP contribution in [0.4, 0.5) is 0 Å². The van der Waals surface area contributed by atoms with Crippen molar-refractivity contribution in [3.8, 4) is 5.75 Å². The first-order valence-electron chi connectivity index (χ1n) is 7.62. The van der Waals surface area contributed by atoms with Gasteiger partial charge in [0.1, 0.15) is 5.75 Å². The van der Waals surface area contributed by atoms with Gasteiger partial charge in [0.05, 0.1) is 19.1 Å². The predicted octanol–water partition coefficient (Wildman–Crippen LogP) is 4.38. The number of benzene rings is 2. The van der Waals surface area contributed by atoms with E-state index >= 15 is 0 Å². The van der Waals surface area contributed by atoms with Crippen LogP contribution < -0.4 is 4.74 Å². The highest BCUT2D eigenvalue weighted by atomic mass is 16.5. The second-order valence-corrected chi connectivity index (χ2v) is 5.96. The van der Waals surface area contributed by atoms with Crippen LogP contribution >= 0.6 is 0 Å². The topological polar surface area (TPSA) is 43.4 Å². The Morgan fingerprint density at radius 2 is 1.43 bits per heavy atom. The first kappa shape index (κ1) is 16.9. The third-order valence-electron chi connectivity index (χ3n) is 4.27. The standard InChI is InChI=1S/C20H22O3/c1-12-6-7-16(8-13(12)2)18(21)11-19(22)17-9-14(3)15(4)10-20(17)23-5/h6-10H,11H2,1-5H3. The second kappa shape index (κ2) is 6.78. The molecule has 3 heteroatoms. The fourth-order valence-electron chi connectivity index (χ4n) is 2.43. The van der Waals surface area contributed by atoms with E-state index in [-0.39, 0.29) is 18.0 Å². The summed E-state index contributed by atoms with van der Waals surface area (Å²) in [5, 5.41) is 0.